The topological polar surface area (TPSA) is 49.3 Å². The van der Waals surface area contributed by atoms with Crippen LogP contribution in [0.5, 0.6) is 5.75 Å². The molecule has 0 aliphatic rings. The highest BCUT2D eigenvalue weighted by Crippen LogP contribution is 2.28. The molecule has 0 atom stereocenters. The van der Waals surface area contributed by atoms with Crippen LogP contribution in [0.25, 0.3) is 0 Å². The number of hydrogen-bond acceptors (Lipinski definition) is 2. The number of halogens is 1. The molecule has 1 aromatic carbocycles. The van der Waals surface area contributed by atoms with Gasteiger partial charge in [-0.05, 0) is 12.1 Å². The first-order valence-corrected chi connectivity index (χ1v) is 4.98. The molecule has 1 amide bonds. The van der Waals surface area contributed by atoms with E-state index in [-0.39, 0.29) is 11.7 Å². The van der Waals surface area contributed by atoms with Crippen LogP contribution in [0.2, 0.25) is 5.02 Å². The third kappa shape index (κ3) is 3.13. The molecule has 0 aliphatic carbocycles. The number of rotatable bonds is 1. The fourth-order valence-corrected chi connectivity index (χ4v) is 1.09. The van der Waals surface area contributed by atoms with Gasteiger partial charge in [0.25, 0.3) is 0 Å². The van der Waals surface area contributed by atoms with Crippen LogP contribution in [-0.4, -0.2) is 11.0 Å². The van der Waals surface area contributed by atoms with Gasteiger partial charge < -0.3 is 10.4 Å². The maximum Gasteiger partial charge on any atom is 0.229 e. The summed E-state index contributed by atoms with van der Waals surface area (Å²) in [6.07, 6.45) is 0. The van der Waals surface area contributed by atoms with E-state index in [1.807, 2.05) is 0 Å². The number of anilines is 1. The van der Waals surface area contributed by atoms with E-state index in [4.69, 9.17) is 11.6 Å². The summed E-state index contributed by atoms with van der Waals surface area (Å²) in [6, 6.07) is 4.57. The number of phenols is 1. The number of nitrogens with one attached hydrogen (secondary N) is 1. The minimum atomic E-state index is -0.494. The van der Waals surface area contributed by atoms with Crippen LogP contribution in [0.1, 0.15) is 20.8 Å². The van der Waals surface area contributed by atoms with Crippen molar-refractivity contribution in [3.63, 3.8) is 0 Å². The van der Waals surface area contributed by atoms with Gasteiger partial charge in [0, 0.05) is 16.5 Å². The molecule has 2 N–H and O–H groups in total. The van der Waals surface area contributed by atoms with E-state index in [0.29, 0.717) is 10.7 Å². The minimum absolute atomic E-state index is 0.0277. The number of hydrogen-bond donors (Lipinski definition) is 2. The van der Waals surface area contributed by atoms with Gasteiger partial charge in [-0.1, -0.05) is 32.4 Å². The summed E-state index contributed by atoms with van der Waals surface area (Å²) in [5.74, 6) is -0.180. The van der Waals surface area contributed by atoms with E-state index in [9.17, 15) is 9.90 Å². The van der Waals surface area contributed by atoms with E-state index in [2.05, 4.69) is 5.32 Å². The molecule has 15 heavy (non-hydrogen) atoms. The Labute approximate surface area is 94.1 Å². The van der Waals surface area contributed by atoms with E-state index in [1.54, 1.807) is 32.9 Å². The SMILES string of the molecule is CC(C)(C)C(=O)Nc1ccc(Cl)cc1O. The standard InChI is InChI=1S/C11H14ClNO2/c1-11(2,3)10(15)13-8-5-4-7(12)6-9(8)14/h4-6,14H,1-3H3,(H,13,15). The summed E-state index contributed by atoms with van der Waals surface area (Å²) >= 11 is 5.67. The van der Waals surface area contributed by atoms with Crippen LogP contribution >= 0.6 is 11.6 Å². The fraction of sp³-hybridized carbons (Fsp3) is 0.364. The molecule has 4 heteroatoms. The smallest absolute Gasteiger partial charge is 0.229 e. The highest BCUT2D eigenvalue weighted by molar-refractivity contribution is 6.30. The predicted octanol–water partition coefficient (Wildman–Crippen LogP) is 3.03. The quantitative estimate of drug-likeness (QED) is 0.725. The Hall–Kier alpha value is -1.22. The van der Waals surface area contributed by atoms with Crippen LogP contribution in [0.3, 0.4) is 0 Å². The average molecular weight is 228 g/mol. The number of carbonyl (C=O) groups is 1. The van der Waals surface area contributed by atoms with E-state index in [1.165, 1.54) is 6.07 Å². The van der Waals surface area contributed by atoms with Gasteiger partial charge in [0.2, 0.25) is 5.91 Å². The number of amides is 1. The molecule has 1 aromatic rings. The lowest BCUT2D eigenvalue weighted by atomic mass is 9.95. The first-order valence-electron chi connectivity index (χ1n) is 4.60. The van der Waals surface area contributed by atoms with Gasteiger partial charge in [0.15, 0.2) is 0 Å². The Morgan fingerprint density at radius 2 is 2.00 bits per heavy atom. The van der Waals surface area contributed by atoms with Crippen molar-refractivity contribution in [2.45, 2.75) is 20.8 Å². The van der Waals surface area contributed by atoms with Crippen LogP contribution < -0.4 is 5.32 Å². The highest BCUT2D eigenvalue weighted by atomic mass is 35.5. The molecule has 0 spiro atoms. The third-order valence-electron chi connectivity index (χ3n) is 1.89. The lowest BCUT2D eigenvalue weighted by molar-refractivity contribution is -0.123. The number of benzene rings is 1. The van der Waals surface area contributed by atoms with Gasteiger partial charge in [-0.15, -0.1) is 0 Å². The maximum atomic E-state index is 11.6. The van der Waals surface area contributed by atoms with E-state index >= 15 is 0 Å². The van der Waals surface area contributed by atoms with Crippen LogP contribution in [0, 0.1) is 5.41 Å². The largest absolute Gasteiger partial charge is 0.506 e. The van der Waals surface area contributed by atoms with Gasteiger partial charge >= 0.3 is 0 Å². The first-order chi connectivity index (χ1) is 6.80. The van der Waals surface area contributed by atoms with Crippen molar-refractivity contribution in [1.29, 1.82) is 0 Å². The number of aromatic hydroxyl groups is 1. The monoisotopic (exact) mass is 227 g/mol. The van der Waals surface area contributed by atoms with Gasteiger partial charge in [0.1, 0.15) is 5.75 Å². The van der Waals surface area contributed by atoms with Gasteiger partial charge in [0.05, 0.1) is 5.69 Å². The molecule has 0 heterocycles. The second kappa shape index (κ2) is 4.11. The zero-order chi connectivity index (χ0) is 11.6. The molecular weight excluding hydrogens is 214 g/mol. The third-order valence-corrected chi connectivity index (χ3v) is 2.12. The molecule has 0 radical (unpaired) electrons. The first kappa shape index (κ1) is 11.9. The zero-order valence-corrected chi connectivity index (χ0v) is 9.72. The summed E-state index contributed by atoms with van der Waals surface area (Å²) in [4.78, 5) is 11.6. The van der Waals surface area contributed by atoms with Crippen LogP contribution in [0.4, 0.5) is 5.69 Å². The van der Waals surface area contributed by atoms with Gasteiger partial charge in [-0.25, -0.2) is 0 Å². The average Bonchev–Trinajstić information content (AvgIpc) is 2.08. The summed E-state index contributed by atoms with van der Waals surface area (Å²) in [7, 11) is 0. The Balaban J connectivity index is 2.87. The molecular formula is C11H14ClNO2. The Morgan fingerprint density at radius 1 is 1.40 bits per heavy atom. The second-order valence-corrected chi connectivity index (χ2v) is 4.80. The molecule has 0 unspecified atom stereocenters. The lowest BCUT2D eigenvalue weighted by Gasteiger charge is -2.18. The van der Waals surface area contributed by atoms with E-state index in [0.717, 1.165) is 0 Å². The predicted molar refractivity (Wildman–Crippen MR) is 61.2 cm³/mol. The molecule has 82 valence electrons. The minimum Gasteiger partial charge on any atom is -0.506 e. The number of phenolic OH excluding ortho intramolecular Hbond substituents is 1. The van der Waals surface area contributed by atoms with Crippen molar-refractivity contribution < 1.29 is 9.90 Å². The Morgan fingerprint density at radius 3 is 2.47 bits per heavy atom. The molecule has 0 fully saturated rings. The lowest BCUT2D eigenvalue weighted by Crippen LogP contribution is -2.27. The van der Waals surface area contributed by atoms with Crippen LogP contribution in [0.15, 0.2) is 18.2 Å². The normalized spacial score (nSPS) is 11.2. The fourth-order valence-electron chi connectivity index (χ4n) is 0.920. The summed E-state index contributed by atoms with van der Waals surface area (Å²) in [5, 5.41) is 12.6. The Kier molecular flexibility index (Phi) is 3.25. The van der Waals surface area contributed by atoms with Crippen molar-refractivity contribution in [2.75, 3.05) is 5.32 Å². The number of carbonyl (C=O) groups excluding carboxylic acids is 1. The van der Waals surface area contributed by atoms with Crippen molar-refractivity contribution in [3.05, 3.63) is 23.2 Å². The highest BCUT2D eigenvalue weighted by Gasteiger charge is 2.21. The molecule has 0 saturated heterocycles. The summed E-state index contributed by atoms with van der Waals surface area (Å²) < 4.78 is 0. The van der Waals surface area contributed by atoms with Crippen molar-refractivity contribution in [3.8, 4) is 5.75 Å². The van der Waals surface area contributed by atoms with Crippen molar-refractivity contribution >= 4 is 23.2 Å². The zero-order valence-electron chi connectivity index (χ0n) is 8.97. The van der Waals surface area contributed by atoms with Gasteiger partial charge in [-0.2, -0.15) is 0 Å². The van der Waals surface area contributed by atoms with Crippen molar-refractivity contribution in [2.24, 2.45) is 5.41 Å². The summed E-state index contributed by atoms with van der Waals surface area (Å²) in [5.41, 5.74) is -0.120. The summed E-state index contributed by atoms with van der Waals surface area (Å²) in [6.45, 7) is 5.40. The molecule has 1 rings (SSSR count). The maximum absolute atomic E-state index is 11.6. The molecule has 0 bridgehead atoms. The molecule has 0 aromatic heterocycles. The van der Waals surface area contributed by atoms with Crippen molar-refractivity contribution in [1.82, 2.24) is 0 Å². The molecule has 0 aliphatic heterocycles. The molecule has 0 saturated carbocycles. The Bertz CT molecular complexity index is 383. The second-order valence-electron chi connectivity index (χ2n) is 4.37. The molecule has 3 nitrogen and oxygen atoms in total. The van der Waals surface area contributed by atoms with E-state index < -0.39 is 5.41 Å². The van der Waals surface area contributed by atoms with Crippen LogP contribution in [-0.2, 0) is 4.79 Å². The van der Waals surface area contributed by atoms with Gasteiger partial charge in [-0.3, -0.25) is 4.79 Å².